The zero-order valence-corrected chi connectivity index (χ0v) is 29.0. The zero-order valence-electron chi connectivity index (χ0n) is 29.0. The van der Waals surface area contributed by atoms with Gasteiger partial charge in [-0.05, 0) is 123 Å². The number of rotatable bonds is 5. The minimum Gasteiger partial charge on any atom is -0.458 e. The summed E-state index contributed by atoms with van der Waals surface area (Å²) in [4.78, 5) is 31.9. The molecule has 0 aromatic carbocycles. The maximum absolute atomic E-state index is 13.1. The van der Waals surface area contributed by atoms with E-state index in [0.29, 0.717) is 41.8 Å². The Labute approximate surface area is 275 Å². The van der Waals surface area contributed by atoms with Gasteiger partial charge in [0.15, 0.2) is 0 Å². The predicted molar refractivity (Wildman–Crippen MR) is 175 cm³/mol. The van der Waals surface area contributed by atoms with Crippen LogP contribution in [-0.2, 0) is 14.3 Å². The number of fused-ring (bicyclic) bond motifs is 4. The van der Waals surface area contributed by atoms with Gasteiger partial charge in [0.05, 0.1) is 23.9 Å². The van der Waals surface area contributed by atoms with Gasteiger partial charge in [0.1, 0.15) is 6.10 Å². The summed E-state index contributed by atoms with van der Waals surface area (Å²) in [6.07, 6.45) is 14.8. The first-order valence-electron chi connectivity index (χ1n) is 18.5. The van der Waals surface area contributed by atoms with E-state index in [9.17, 15) is 14.7 Å². The van der Waals surface area contributed by atoms with Crippen LogP contribution in [0.2, 0.25) is 0 Å². The summed E-state index contributed by atoms with van der Waals surface area (Å²) in [7, 11) is 0. The van der Waals surface area contributed by atoms with E-state index in [4.69, 9.17) is 9.47 Å². The second-order valence-corrected chi connectivity index (χ2v) is 18.0. The van der Waals surface area contributed by atoms with E-state index in [1.54, 1.807) is 31.5 Å². The fraction of sp³-hybridized carbons (Fsp3) is 0.821. The minimum atomic E-state index is -0.497. The summed E-state index contributed by atoms with van der Waals surface area (Å²) < 4.78 is 13.2. The summed E-state index contributed by atoms with van der Waals surface area (Å²) in [5.41, 5.74) is 0.759. The third-order valence-electron chi connectivity index (χ3n) is 16.3. The standard InChI is InChI=1S/C39H56N2O5/c1-23-19-27(21-41(24(2)42)26-10-7-11-26)45-32-31(23)36(5)16-17-39-22-38(39)15-14-30(46-34(44)25-9-8-18-40-20-25)35(3,4)28(38)12-13-29(39)37(36,6)33(32)43/h8-9,18,20,23,26-33,43H,7,10-17,19,21-22H2,1-6H3/t23-,27?,28+,29?,30?,31+,32?,33+,36-,37-,38-,39+/m1/s1. The lowest BCUT2D eigenvalue weighted by Crippen LogP contribution is -2.60. The first-order chi connectivity index (χ1) is 21.8. The molecule has 46 heavy (non-hydrogen) atoms. The first kappa shape index (κ1) is 31.3. The van der Waals surface area contributed by atoms with Crippen molar-refractivity contribution in [3.8, 4) is 0 Å². The summed E-state index contributed by atoms with van der Waals surface area (Å²) >= 11 is 0. The van der Waals surface area contributed by atoms with Crippen LogP contribution in [0, 0.1) is 50.7 Å². The number of ether oxygens (including phenoxy) is 2. The number of hydrogen-bond acceptors (Lipinski definition) is 6. The van der Waals surface area contributed by atoms with E-state index in [2.05, 4.69) is 44.5 Å². The molecule has 1 N–H and O–H groups in total. The van der Waals surface area contributed by atoms with Crippen LogP contribution in [0.3, 0.4) is 0 Å². The van der Waals surface area contributed by atoms with Gasteiger partial charge in [-0.15, -0.1) is 0 Å². The number of amides is 1. The number of carbonyl (C=O) groups excluding carboxylic acids is 2. The van der Waals surface area contributed by atoms with Crippen molar-refractivity contribution in [2.75, 3.05) is 6.54 Å². The van der Waals surface area contributed by atoms with Gasteiger partial charge in [-0.25, -0.2) is 4.79 Å². The number of aliphatic hydroxyl groups is 1. The molecule has 7 nitrogen and oxygen atoms in total. The zero-order chi connectivity index (χ0) is 32.4. The van der Waals surface area contributed by atoms with E-state index in [1.807, 2.05) is 0 Å². The number of aromatic nitrogens is 1. The lowest BCUT2D eigenvalue weighted by Gasteiger charge is -2.63. The summed E-state index contributed by atoms with van der Waals surface area (Å²) in [5.74, 6) is 1.66. The van der Waals surface area contributed by atoms with Gasteiger partial charge in [-0.1, -0.05) is 34.6 Å². The number of pyridine rings is 1. The molecule has 0 radical (unpaired) electrons. The Hall–Kier alpha value is -1.99. The molecule has 12 atom stereocenters. The Kier molecular flexibility index (Phi) is 6.98. The maximum atomic E-state index is 13.1. The molecule has 1 aromatic rings. The van der Waals surface area contributed by atoms with Crippen LogP contribution in [-0.4, -0.2) is 63.9 Å². The highest BCUT2D eigenvalue weighted by Crippen LogP contribution is 2.89. The monoisotopic (exact) mass is 632 g/mol. The maximum Gasteiger partial charge on any atom is 0.339 e. The van der Waals surface area contributed by atoms with Crippen LogP contribution in [0.15, 0.2) is 24.5 Å². The van der Waals surface area contributed by atoms with Crippen LogP contribution in [0.25, 0.3) is 0 Å². The second kappa shape index (κ2) is 10.3. The van der Waals surface area contributed by atoms with Gasteiger partial charge in [-0.2, -0.15) is 0 Å². The topological polar surface area (TPSA) is 89.0 Å². The molecule has 1 aliphatic heterocycles. The van der Waals surface area contributed by atoms with Crippen molar-refractivity contribution in [3.05, 3.63) is 30.1 Å². The molecule has 2 spiro atoms. The highest BCUT2D eigenvalue weighted by Gasteiger charge is 2.84. The van der Waals surface area contributed by atoms with Crippen LogP contribution in [0.1, 0.15) is 123 Å². The van der Waals surface area contributed by atoms with E-state index in [-0.39, 0.29) is 57.3 Å². The third-order valence-corrected chi connectivity index (χ3v) is 16.3. The largest absolute Gasteiger partial charge is 0.458 e. The van der Waals surface area contributed by atoms with Gasteiger partial charge in [0.2, 0.25) is 5.91 Å². The summed E-state index contributed by atoms with van der Waals surface area (Å²) in [5, 5.41) is 12.5. The molecular weight excluding hydrogens is 576 g/mol. The normalized spacial score (nSPS) is 48.4. The van der Waals surface area contributed by atoms with Crippen LogP contribution in [0.4, 0.5) is 0 Å². The van der Waals surface area contributed by atoms with Crippen molar-refractivity contribution in [2.45, 2.75) is 143 Å². The first-order valence-corrected chi connectivity index (χ1v) is 18.5. The fourth-order valence-corrected chi connectivity index (χ4v) is 13.8. The van der Waals surface area contributed by atoms with Crippen LogP contribution in [0.5, 0.6) is 0 Å². The van der Waals surface area contributed by atoms with E-state index in [1.165, 1.54) is 19.3 Å². The van der Waals surface area contributed by atoms with Crippen molar-refractivity contribution in [2.24, 2.45) is 50.7 Å². The van der Waals surface area contributed by atoms with Crippen molar-refractivity contribution in [1.82, 2.24) is 9.88 Å². The molecule has 0 bridgehead atoms. The highest BCUT2D eigenvalue weighted by molar-refractivity contribution is 5.89. The average molecular weight is 633 g/mol. The molecule has 7 fully saturated rings. The molecule has 4 unspecified atom stereocenters. The lowest BCUT2D eigenvalue weighted by atomic mass is 9.41. The van der Waals surface area contributed by atoms with Crippen molar-refractivity contribution >= 4 is 11.9 Å². The molecular formula is C39H56N2O5. The number of carbonyl (C=O) groups is 2. The fourth-order valence-electron chi connectivity index (χ4n) is 13.8. The highest BCUT2D eigenvalue weighted by atomic mass is 16.5. The Morgan fingerprint density at radius 1 is 1.04 bits per heavy atom. The van der Waals surface area contributed by atoms with E-state index < -0.39 is 6.10 Å². The number of hydrogen-bond donors (Lipinski definition) is 1. The van der Waals surface area contributed by atoms with E-state index in [0.717, 1.165) is 51.4 Å². The minimum absolute atomic E-state index is 0.00910. The molecule has 1 aromatic heterocycles. The van der Waals surface area contributed by atoms with Gasteiger partial charge in [-0.3, -0.25) is 9.78 Å². The van der Waals surface area contributed by atoms with Crippen molar-refractivity contribution < 1.29 is 24.2 Å². The molecule has 7 aliphatic rings. The van der Waals surface area contributed by atoms with Crippen molar-refractivity contribution in [3.63, 3.8) is 0 Å². The quantitative estimate of drug-likeness (QED) is 0.359. The molecule has 2 heterocycles. The average Bonchev–Trinajstić information content (AvgIpc) is 3.62. The van der Waals surface area contributed by atoms with Crippen molar-refractivity contribution in [1.29, 1.82) is 0 Å². The molecule has 6 aliphatic carbocycles. The number of esters is 1. The molecule has 252 valence electrons. The van der Waals surface area contributed by atoms with Gasteiger partial charge >= 0.3 is 5.97 Å². The molecule has 8 rings (SSSR count). The molecule has 1 saturated heterocycles. The molecule has 1 amide bonds. The van der Waals surface area contributed by atoms with Gasteiger partial charge in [0, 0.05) is 42.7 Å². The smallest absolute Gasteiger partial charge is 0.339 e. The summed E-state index contributed by atoms with van der Waals surface area (Å²) in [6, 6.07) is 3.94. The Bertz CT molecular complexity index is 1400. The number of nitrogens with zero attached hydrogens (tertiary/aromatic N) is 2. The summed E-state index contributed by atoms with van der Waals surface area (Å²) in [6.45, 7) is 14.4. The predicted octanol–water partition coefficient (Wildman–Crippen LogP) is 6.82. The lowest BCUT2D eigenvalue weighted by molar-refractivity contribution is -0.183. The Morgan fingerprint density at radius 3 is 2.46 bits per heavy atom. The van der Waals surface area contributed by atoms with Gasteiger partial charge < -0.3 is 19.5 Å². The van der Waals surface area contributed by atoms with E-state index >= 15 is 0 Å². The molecule has 6 saturated carbocycles. The Morgan fingerprint density at radius 2 is 1.78 bits per heavy atom. The van der Waals surface area contributed by atoms with Crippen LogP contribution >= 0.6 is 0 Å². The van der Waals surface area contributed by atoms with Crippen LogP contribution < -0.4 is 0 Å². The number of aliphatic hydroxyl groups excluding tert-OH is 1. The SMILES string of the molecule is CC(=O)N(CC1C[C@@H](C)[C@H]2C(O1)[C@H](O)[C@@]1(C)C3CC[C@H]4C(C)(C)C(OC(=O)c5cccnc5)CC[C@@]45C[C@@]35CC[C@]21C)C1CCC1. The Balaban J connectivity index is 1.04. The third kappa shape index (κ3) is 3.93. The molecule has 7 heteroatoms. The second-order valence-electron chi connectivity index (χ2n) is 18.0. The van der Waals surface area contributed by atoms with Gasteiger partial charge in [0.25, 0.3) is 0 Å².